The van der Waals surface area contributed by atoms with Gasteiger partial charge in [0.2, 0.25) is 0 Å². The Balaban J connectivity index is 3.21. The summed E-state index contributed by atoms with van der Waals surface area (Å²) in [6.07, 6.45) is 0. The molecule has 0 atom stereocenters. The van der Waals surface area contributed by atoms with E-state index in [1.807, 2.05) is 6.07 Å². The zero-order chi connectivity index (χ0) is 9.14. The van der Waals surface area contributed by atoms with Gasteiger partial charge in [-0.15, -0.1) is 0 Å². The molecule has 1 heterocycles. The zero-order valence-electron chi connectivity index (χ0n) is 5.91. The van der Waals surface area contributed by atoms with Gasteiger partial charge >= 0.3 is 0 Å². The van der Waals surface area contributed by atoms with Crippen molar-refractivity contribution in [1.29, 1.82) is 5.26 Å². The lowest BCUT2D eigenvalue weighted by Crippen LogP contribution is -2.13. The molecule has 4 nitrogen and oxygen atoms in total. The van der Waals surface area contributed by atoms with Gasteiger partial charge in [0.25, 0.3) is 5.91 Å². The fourth-order valence-corrected chi connectivity index (χ4v) is 1.07. The maximum Gasteiger partial charge on any atom is 0.267 e. The van der Waals surface area contributed by atoms with Crippen LogP contribution in [0.3, 0.4) is 0 Å². The van der Waals surface area contributed by atoms with Gasteiger partial charge in [-0.3, -0.25) is 4.79 Å². The van der Waals surface area contributed by atoms with Crippen LogP contribution >= 0.6 is 15.9 Å². The molecule has 2 N–H and O–H groups in total. The van der Waals surface area contributed by atoms with Crippen LogP contribution in [0.1, 0.15) is 16.1 Å². The van der Waals surface area contributed by atoms with Gasteiger partial charge < -0.3 is 5.73 Å². The summed E-state index contributed by atoms with van der Waals surface area (Å²) in [5.41, 5.74) is 5.48. The van der Waals surface area contributed by atoms with E-state index >= 15 is 0 Å². The third kappa shape index (κ3) is 1.60. The van der Waals surface area contributed by atoms with Crippen LogP contribution < -0.4 is 5.73 Å². The van der Waals surface area contributed by atoms with Crippen LogP contribution in [0.25, 0.3) is 0 Å². The van der Waals surface area contributed by atoms with Gasteiger partial charge in [0.1, 0.15) is 16.4 Å². The number of hydrogen-bond acceptors (Lipinski definition) is 3. The lowest BCUT2D eigenvalue weighted by molar-refractivity contribution is 0.0995. The first kappa shape index (κ1) is 8.68. The average molecular weight is 226 g/mol. The van der Waals surface area contributed by atoms with E-state index in [0.29, 0.717) is 10.2 Å². The Labute approximate surface area is 77.1 Å². The zero-order valence-corrected chi connectivity index (χ0v) is 7.50. The fraction of sp³-hybridized carbons (Fsp3) is 0. The number of nitrogens with zero attached hydrogens (tertiary/aromatic N) is 2. The molecule has 5 heteroatoms. The number of halogens is 1. The molecule has 0 saturated heterocycles. The molecule has 1 aromatic rings. The lowest BCUT2D eigenvalue weighted by atomic mass is 10.2. The summed E-state index contributed by atoms with van der Waals surface area (Å²) in [6.45, 7) is 0. The summed E-state index contributed by atoms with van der Waals surface area (Å²) in [7, 11) is 0. The molecule has 0 radical (unpaired) electrons. The molecule has 1 amide bonds. The van der Waals surface area contributed by atoms with Crippen LogP contribution in [0.2, 0.25) is 0 Å². The molecule has 60 valence electrons. The second-order valence-electron chi connectivity index (χ2n) is 2.01. The molecule has 0 bridgehead atoms. The number of primary amides is 1. The van der Waals surface area contributed by atoms with Gasteiger partial charge in [0.05, 0.1) is 5.56 Å². The highest BCUT2D eigenvalue weighted by molar-refractivity contribution is 9.10. The largest absolute Gasteiger partial charge is 0.364 e. The first-order chi connectivity index (χ1) is 5.65. The standard InChI is InChI=1S/C7H4BrN3O/c8-6-4(3-9)1-2-5(11-6)7(10)12/h1-2H,(H2,10,12). The van der Waals surface area contributed by atoms with Crippen molar-refractivity contribution in [2.45, 2.75) is 0 Å². The number of nitrogens with two attached hydrogens (primary N) is 1. The quantitative estimate of drug-likeness (QED) is 0.719. The maximum absolute atomic E-state index is 10.6. The van der Waals surface area contributed by atoms with Crippen molar-refractivity contribution in [2.24, 2.45) is 5.73 Å². The molecule has 0 aliphatic rings. The van der Waals surface area contributed by atoms with Crippen molar-refractivity contribution in [3.63, 3.8) is 0 Å². The molecule has 0 aliphatic carbocycles. The molecule has 0 fully saturated rings. The summed E-state index contributed by atoms with van der Waals surface area (Å²) in [5.74, 6) is -0.611. The van der Waals surface area contributed by atoms with Crippen molar-refractivity contribution in [3.8, 4) is 6.07 Å². The summed E-state index contributed by atoms with van der Waals surface area (Å²) in [4.78, 5) is 14.4. The number of nitriles is 1. The number of rotatable bonds is 1. The molecule has 0 unspecified atom stereocenters. The van der Waals surface area contributed by atoms with Gasteiger partial charge in [-0.1, -0.05) is 0 Å². The third-order valence-electron chi connectivity index (χ3n) is 1.22. The van der Waals surface area contributed by atoms with Crippen molar-refractivity contribution in [2.75, 3.05) is 0 Å². The minimum atomic E-state index is -0.611. The Kier molecular flexibility index (Phi) is 2.41. The molecular formula is C7H4BrN3O. The van der Waals surface area contributed by atoms with Crippen LogP contribution in [0.15, 0.2) is 16.7 Å². The van der Waals surface area contributed by atoms with Crippen molar-refractivity contribution >= 4 is 21.8 Å². The first-order valence-electron chi connectivity index (χ1n) is 3.01. The number of aromatic nitrogens is 1. The van der Waals surface area contributed by atoms with Crippen molar-refractivity contribution in [3.05, 3.63) is 28.0 Å². The number of pyridine rings is 1. The maximum atomic E-state index is 10.6. The van der Waals surface area contributed by atoms with Crippen LogP contribution in [-0.4, -0.2) is 10.9 Å². The Morgan fingerprint density at radius 2 is 2.33 bits per heavy atom. The molecule has 12 heavy (non-hydrogen) atoms. The second-order valence-corrected chi connectivity index (χ2v) is 2.76. The summed E-state index contributed by atoms with van der Waals surface area (Å²) >= 11 is 3.03. The van der Waals surface area contributed by atoms with E-state index in [4.69, 9.17) is 11.0 Å². The average Bonchev–Trinajstić information content (AvgIpc) is 2.04. The predicted molar refractivity (Wildman–Crippen MR) is 45.2 cm³/mol. The molecule has 0 aliphatic heterocycles. The molecule has 0 saturated carbocycles. The normalized spacial score (nSPS) is 9.00. The van der Waals surface area contributed by atoms with E-state index in [2.05, 4.69) is 20.9 Å². The minimum absolute atomic E-state index is 0.140. The van der Waals surface area contributed by atoms with E-state index in [1.54, 1.807) is 0 Å². The van der Waals surface area contributed by atoms with Crippen LogP contribution in [0, 0.1) is 11.3 Å². The highest BCUT2D eigenvalue weighted by Crippen LogP contribution is 2.12. The van der Waals surface area contributed by atoms with Crippen molar-refractivity contribution < 1.29 is 4.79 Å². The van der Waals surface area contributed by atoms with E-state index in [-0.39, 0.29) is 5.69 Å². The SMILES string of the molecule is N#Cc1ccc(C(N)=O)nc1Br. The van der Waals surface area contributed by atoms with Crippen LogP contribution in [0.4, 0.5) is 0 Å². The monoisotopic (exact) mass is 225 g/mol. The van der Waals surface area contributed by atoms with Gasteiger partial charge in [0, 0.05) is 0 Å². The number of carbonyl (C=O) groups is 1. The molecule has 1 aromatic heterocycles. The molecule has 0 aromatic carbocycles. The second kappa shape index (κ2) is 3.32. The number of carbonyl (C=O) groups excluding carboxylic acids is 1. The first-order valence-corrected chi connectivity index (χ1v) is 3.81. The topological polar surface area (TPSA) is 79.8 Å². The summed E-state index contributed by atoms with van der Waals surface area (Å²) < 4.78 is 0.335. The highest BCUT2D eigenvalue weighted by atomic mass is 79.9. The van der Waals surface area contributed by atoms with Gasteiger partial charge in [0.15, 0.2) is 0 Å². The summed E-state index contributed by atoms with van der Waals surface area (Å²) in [6, 6.07) is 4.79. The van der Waals surface area contributed by atoms with E-state index in [9.17, 15) is 4.79 Å². The Hall–Kier alpha value is -1.41. The summed E-state index contributed by atoms with van der Waals surface area (Å²) in [5, 5.41) is 8.51. The Morgan fingerprint density at radius 1 is 1.67 bits per heavy atom. The van der Waals surface area contributed by atoms with E-state index in [1.165, 1.54) is 12.1 Å². The highest BCUT2D eigenvalue weighted by Gasteiger charge is 2.05. The third-order valence-corrected chi connectivity index (χ3v) is 1.83. The van der Waals surface area contributed by atoms with E-state index in [0.717, 1.165) is 0 Å². The minimum Gasteiger partial charge on any atom is -0.364 e. The smallest absolute Gasteiger partial charge is 0.267 e. The van der Waals surface area contributed by atoms with Gasteiger partial charge in [-0.2, -0.15) is 5.26 Å². The van der Waals surface area contributed by atoms with Gasteiger partial charge in [-0.05, 0) is 28.1 Å². The number of hydrogen-bond donors (Lipinski definition) is 1. The molecule has 0 spiro atoms. The Morgan fingerprint density at radius 3 is 2.75 bits per heavy atom. The van der Waals surface area contributed by atoms with E-state index < -0.39 is 5.91 Å². The van der Waals surface area contributed by atoms with Crippen LogP contribution in [0.5, 0.6) is 0 Å². The number of amides is 1. The predicted octanol–water partition coefficient (Wildman–Crippen LogP) is 0.815. The Bertz CT molecular complexity index is 369. The molecule has 1 rings (SSSR count). The molecular weight excluding hydrogens is 222 g/mol. The van der Waals surface area contributed by atoms with Crippen LogP contribution in [-0.2, 0) is 0 Å². The lowest BCUT2D eigenvalue weighted by Gasteiger charge is -1.96. The van der Waals surface area contributed by atoms with Gasteiger partial charge in [-0.25, -0.2) is 4.98 Å². The van der Waals surface area contributed by atoms with Crippen molar-refractivity contribution in [1.82, 2.24) is 4.98 Å². The fourth-order valence-electron chi connectivity index (χ4n) is 0.655.